The van der Waals surface area contributed by atoms with Crippen LogP contribution in [0.4, 0.5) is 11.4 Å². The Hall–Kier alpha value is -2.71. The number of carbonyl (C=O) groups is 2. The van der Waals surface area contributed by atoms with E-state index in [0.717, 1.165) is 12.8 Å². The van der Waals surface area contributed by atoms with Crippen LogP contribution in [0.15, 0.2) is 53.4 Å². The number of Topliss-reactive ketones (excluding diaryl/α,β-unsaturated/α-hetero) is 1. The topological polar surface area (TPSA) is 95.6 Å². The highest BCUT2D eigenvalue weighted by Crippen LogP contribution is 2.22. The third-order valence-electron chi connectivity index (χ3n) is 4.59. The van der Waals surface area contributed by atoms with Crippen LogP contribution in [0.2, 0.25) is 0 Å². The van der Waals surface area contributed by atoms with E-state index in [4.69, 9.17) is 0 Å². The van der Waals surface area contributed by atoms with Crippen molar-refractivity contribution in [3.05, 3.63) is 54.1 Å². The predicted octanol–water partition coefficient (Wildman–Crippen LogP) is 2.72. The molecule has 0 aromatic heterocycles. The van der Waals surface area contributed by atoms with E-state index in [1.807, 2.05) is 0 Å². The fourth-order valence-electron chi connectivity index (χ4n) is 3.10. The van der Waals surface area contributed by atoms with Gasteiger partial charge in [-0.15, -0.1) is 0 Å². The fraction of sp³-hybridized carbons (Fsp3) is 0.300. The van der Waals surface area contributed by atoms with Crippen molar-refractivity contribution in [3.8, 4) is 0 Å². The molecule has 1 aliphatic rings. The second kappa shape index (κ2) is 8.53. The Kier molecular flexibility index (Phi) is 6.11. The van der Waals surface area contributed by atoms with E-state index in [0.29, 0.717) is 30.0 Å². The van der Waals surface area contributed by atoms with E-state index < -0.39 is 10.0 Å². The normalized spacial score (nSPS) is 14.6. The molecule has 0 bridgehead atoms. The van der Waals surface area contributed by atoms with Crippen LogP contribution in [0.5, 0.6) is 0 Å². The van der Waals surface area contributed by atoms with Crippen molar-refractivity contribution in [2.24, 2.45) is 0 Å². The maximum Gasteiger partial charge on any atom is 0.243 e. The number of nitrogens with one attached hydrogen (secondary N) is 2. The van der Waals surface area contributed by atoms with Crippen LogP contribution in [0.3, 0.4) is 0 Å². The molecule has 148 valence electrons. The number of benzene rings is 2. The number of hydrogen-bond acceptors (Lipinski definition) is 5. The molecule has 1 amide bonds. The minimum Gasteiger partial charge on any atom is -0.376 e. The summed E-state index contributed by atoms with van der Waals surface area (Å²) in [4.78, 5) is 24.0. The first-order valence-electron chi connectivity index (χ1n) is 9.12. The number of anilines is 2. The molecule has 2 aromatic carbocycles. The third-order valence-corrected chi connectivity index (χ3v) is 6.50. The van der Waals surface area contributed by atoms with E-state index in [1.54, 1.807) is 48.5 Å². The second-order valence-electron chi connectivity index (χ2n) is 6.64. The molecule has 0 atom stereocenters. The number of ketones is 1. The number of rotatable bonds is 7. The third kappa shape index (κ3) is 4.58. The summed E-state index contributed by atoms with van der Waals surface area (Å²) in [5, 5.41) is 5.67. The molecule has 2 aromatic rings. The molecule has 1 aliphatic heterocycles. The van der Waals surface area contributed by atoms with Gasteiger partial charge in [0.2, 0.25) is 15.9 Å². The molecule has 1 fully saturated rings. The summed E-state index contributed by atoms with van der Waals surface area (Å²) in [6, 6.07) is 13.2. The van der Waals surface area contributed by atoms with Crippen LogP contribution in [-0.2, 0) is 14.8 Å². The van der Waals surface area contributed by atoms with Crippen LogP contribution in [0.25, 0.3) is 0 Å². The average molecular weight is 401 g/mol. The Bertz CT molecular complexity index is 965. The van der Waals surface area contributed by atoms with Gasteiger partial charge in [-0.25, -0.2) is 8.42 Å². The van der Waals surface area contributed by atoms with Gasteiger partial charge in [0.25, 0.3) is 0 Å². The summed E-state index contributed by atoms with van der Waals surface area (Å²) >= 11 is 0. The van der Waals surface area contributed by atoms with Gasteiger partial charge in [-0.1, -0.05) is 12.1 Å². The van der Waals surface area contributed by atoms with Gasteiger partial charge in [-0.2, -0.15) is 4.31 Å². The van der Waals surface area contributed by atoms with Gasteiger partial charge in [0.05, 0.1) is 17.1 Å². The highest BCUT2D eigenvalue weighted by molar-refractivity contribution is 7.89. The molecule has 8 heteroatoms. The Labute approximate surface area is 164 Å². The Balaban J connectivity index is 1.59. The zero-order valence-electron chi connectivity index (χ0n) is 15.6. The Morgan fingerprint density at radius 2 is 1.64 bits per heavy atom. The lowest BCUT2D eigenvalue weighted by Crippen LogP contribution is -2.27. The van der Waals surface area contributed by atoms with Crippen molar-refractivity contribution in [2.45, 2.75) is 24.7 Å². The number of hydrogen-bond donors (Lipinski definition) is 2. The molecule has 0 saturated carbocycles. The minimum atomic E-state index is -3.45. The monoisotopic (exact) mass is 401 g/mol. The van der Waals surface area contributed by atoms with Crippen molar-refractivity contribution in [1.82, 2.24) is 4.31 Å². The molecule has 0 spiro atoms. The van der Waals surface area contributed by atoms with Crippen LogP contribution < -0.4 is 10.6 Å². The molecule has 2 N–H and O–H groups in total. The van der Waals surface area contributed by atoms with Crippen LogP contribution in [0.1, 0.15) is 30.1 Å². The quantitative estimate of drug-likeness (QED) is 0.696. The van der Waals surface area contributed by atoms with Crippen molar-refractivity contribution in [2.75, 3.05) is 30.3 Å². The first-order chi connectivity index (χ1) is 13.4. The van der Waals surface area contributed by atoms with Gasteiger partial charge in [-0.3, -0.25) is 9.59 Å². The van der Waals surface area contributed by atoms with Crippen LogP contribution >= 0.6 is 0 Å². The second-order valence-corrected chi connectivity index (χ2v) is 8.58. The summed E-state index contributed by atoms with van der Waals surface area (Å²) in [6.07, 6.45) is 1.78. The SMILES string of the molecule is CC(=O)c1ccccc1NC(=O)CNc1ccc(S(=O)(=O)N2CCCC2)cc1. The zero-order chi connectivity index (χ0) is 20.1. The molecule has 1 saturated heterocycles. The van der Waals surface area contributed by atoms with E-state index in [9.17, 15) is 18.0 Å². The van der Waals surface area contributed by atoms with Gasteiger partial charge in [-0.05, 0) is 56.2 Å². The van der Waals surface area contributed by atoms with E-state index in [-0.39, 0.29) is 23.1 Å². The highest BCUT2D eigenvalue weighted by atomic mass is 32.2. The molecule has 0 radical (unpaired) electrons. The van der Waals surface area contributed by atoms with Crippen molar-refractivity contribution in [1.29, 1.82) is 0 Å². The molecule has 28 heavy (non-hydrogen) atoms. The summed E-state index contributed by atoms with van der Waals surface area (Å²) < 4.78 is 26.5. The van der Waals surface area contributed by atoms with Gasteiger partial charge in [0.15, 0.2) is 5.78 Å². The van der Waals surface area contributed by atoms with E-state index in [2.05, 4.69) is 10.6 Å². The van der Waals surface area contributed by atoms with Crippen LogP contribution in [-0.4, -0.2) is 44.0 Å². The van der Waals surface area contributed by atoms with E-state index >= 15 is 0 Å². The zero-order valence-corrected chi connectivity index (χ0v) is 16.5. The van der Waals surface area contributed by atoms with Gasteiger partial charge >= 0.3 is 0 Å². The number of nitrogens with zero attached hydrogens (tertiary/aromatic N) is 1. The first-order valence-corrected chi connectivity index (χ1v) is 10.6. The minimum absolute atomic E-state index is 0.00946. The molecular weight excluding hydrogens is 378 g/mol. The van der Waals surface area contributed by atoms with Crippen molar-refractivity contribution >= 4 is 33.1 Å². The lowest BCUT2D eigenvalue weighted by Gasteiger charge is -2.16. The number of carbonyl (C=O) groups excluding carboxylic acids is 2. The molecule has 0 aliphatic carbocycles. The maximum atomic E-state index is 12.5. The summed E-state index contributed by atoms with van der Waals surface area (Å²) in [6.45, 7) is 2.56. The van der Waals surface area contributed by atoms with Crippen molar-refractivity contribution < 1.29 is 18.0 Å². The maximum absolute atomic E-state index is 12.5. The molecule has 3 rings (SSSR count). The number of para-hydroxylation sites is 1. The highest BCUT2D eigenvalue weighted by Gasteiger charge is 2.26. The van der Waals surface area contributed by atoms with Gasteiger partial charge in [0, 0.05) is 24.3 Å². The summed E-state index contributed by atoms with van der Waals surface area (Å²) in [7, 11) is -3.45. The molecular formula is C20H23N3O4S. The van der Waals surface area contributed by atoms with Crippen molar-refractivity contribution in [3.63, 3.8) is 0 Å². The smallest absolute Gasteiger partial charge is 0.243 e. The predicted molar refractivity (Wildman–Crippen MR) is 108 cm³/mol. The van der Waals surface area contributed by atoms with Crippen LogP contribution in [0, 0.1) is 0 Å². The molecule has 7 nitrogen and oxygen atoms in total. The number of amides is 1. The summed E-state index contributed by atoms with van der Waals surface area (Å²) in [5.41, 5.74) is 1.55. The molecule has 0 unspecified atom stereocenters. The lowest BCUT2D eigenvalue weighted by atomic mass is 10.1. The van der Waals surface area contributed by atoms with Gasteiger partial charge in [0.1, 0.15) is 0 Å². The first kappa shape index (κ1) is 20.0. The van der Waals surface area contributed by atoms with E-state index in [1.165, 1.54) is 11.2 Å². The Morgan fingerprint density at radius 1 is 1.00 bits per heavy atom. The standard InChI is InChI=1S/C20H23N3O4S/c1-15(24)18-6-2-3-7-19(18)22-20(25)14-21-16-8-10-17(11-9-16)28(26,27)23-12-4-5-13-23/h2-3,6-11,21H,4-5,12-14H2,1H3,(H,22,25). The largest absolute Gasteiger partial charge is 0.376 e. The summed E-state index contributed by atoms with van der Waals surface area (Å²) in [5.74, 6) is -0.430. The van der Waals surface area contributed by atoms with Gasteiger partial charge < -0.3 is 10.6 Å². The average Bonchev–Trinajstić information content (AvgIpc) is 3.23. The number of sulfonamides is 1. The lowest BCUT2D eigenvalue weighted by molar-refractivity contribution is -0.114. The molecule has 1 heterocycles. The Morgan fingerprint density at radius 3 is 2.29 bits per heavy atom. The fourth-order valence-corrected chi connectivity index (χ4v) is 4.62.